The van der Waals surface area contributed by atoms with Gasteiger partial charge in [0, 0.05) is 52.3 Å². The molecule has 0 aliphatic heterocycles. The van der Waals surface area contributed by atoms with E-state index in [0.29, 0.717) is 15.6 Å². The lowest BCUT2D eigenvalue weighted by atomic mass is 10.0. The first-order valence-corrected chi connectivity index (χ1v) is 12.9. The van der Waals surface area contributed by atoms with E-state index in [9.17, 15) is 23.2 Å². The predicted octanol–water partition coefficient (Wildman–Crippen LogP) is 7.83. The highest BCUT2D eigenvalue weighted by Gasteiger charge is 2.67. The van der Waals surface area contributed by atoms with E-state index in [0.717, 1.165) is 12.1 Å². The summed E-state index contributed by atoms with van der Waals surface area (Å²) in [5.41, 5.74) is 0.839. The first kappa shape index (κ1) is 28.6. The second-order valence-electron chi connectivity index (χ2n) is 8.72. The fraction of sp³-hybridized carbons (Fsp3) is 0.192. The van der Waals surface area contributed by atoms with Gasteiger partial charge < -0.3 is 10.6 Å². The van der Waals surface area contributed by atoms with Crippen LogP contribution < -0.4 is 10.6 Å². The first-order valence-electron chi connectivity index (χ1n) is 11.0. The van der Waals surface area contributed by atoms with Crippen LogP contribution in [0.5, 0.6) is 0 Å². The number of alkyl halides is 2. The summed E-state index contributed by atoms with van der Waals surface area (Å²) in [5.74, 6) is -5.37. The zero-order valence-corrected chi connectivity index (χ0v) is 23.1. The van der Waals surface area contributed by atoms with Crippen LogP contribution in [0, 0.1) is 17.6 Å². The zero-order chi connectivity index (χ0) is 27.9. The normalized spacial score (nSPS) is 17.6. The van der Waals surface area contributed by atoms with E-state index in [-0.39, 0.29) is 27.5 Å². The van der Waals surface area contributed by atoms with E-state index in [1.54, 1.807) is 18.2 Å². The number of hydrogen-bond donors (Lipinski definition) is 2. The Morgan fingerprint density at radius 1 is 0.895 bits per heavy atom. The summed E-state index contributed by atoms with van der Waals surface area (Å²) in [4.78, 5) is 37.6. The maximum Gasteiger partial charge on any atom is 0.231 e. The Kier molecular flexibility index (Phi) is 8.26. The highest BCUT2D eigenvalue weighted by molar-refractivity contribution is 6.53. The smallest absolute Gasteiger partial charge is 0.231 e. The van der Waals surface area contributed by atoms with Gasteiger partial charge in [-0.2, -0.15) is 0 Å². The monoisotopic (exact) mass is 618 g/mol. The molecule has 0 radical (unpaired) electrons. The van der Waals surface area contributed by atoms with Gasteiger partial charge in [0.2, 0.25) is 11.8 Å². The standard InChI is InChI=1S/C26H17Cl5F2N2O3/c1-11(36)34-21-10-20(33)19(32)6-12(21)7-22(37)17-9-16(2-3-18(17)29)35-25(38)24-23(26(24,30)31)13-4-14(27)8-15(28)5-13/h2-6,8-10,23-24H,7H2,1H3,(H,34,36)(H,35,38). The third-order valence-corrected chi connectivity index (χ3v) is 7.63. The molecule has 0 saturated heterocycles. The van der Waals surface area contributed by atoms with Crippen LogP contribution in [0.1, 0.15) is 34.3 Å². The molecular formula is C26H17Cl5F2N2O3. The van der Waals surface area contributed by atoms with Gasteiger partial charge in [-0.25, -0.2) is 8.78 Å². The van der Waals surface area contributed by atoms with Gasteiger partial charge in [-0.05, 0) is 53.6 Å². The minimum absolute atomic E-state index is 0.0138. The lowest BCUT2D eigenvalue weighted by Crippen LogP contribution is -2.17. The SMILES string of the molecule is CC(=O)Nc1cc(F)c(F)cc1CC(=O)c1cc(NC(=O)C2C(c3cc(Cl)cc(Cl)c3)C2(Cl)Cl)ccc1Cl. The molecule has 3 aromatic rings. The largest absolute Gasteiger partial charge is 0.326 e. The molecule has 0 bridgehead atoms. The maximum atomic E-state index is 13.9. The minimum Gasteiger partial charge on any atom is -0.326 e. The molecule has 2 N–H and O–H groups in total. The van der Waals surface area contributed by atoms with E-state index in [1.165, 1.54) is 25.1 Å². The molecule has 1 aliphatic carbocycles. The van der Waals surface area contributed by atoms with Gasteiger partial charge in [0.15, 0.2) is 17.4 Å². The van der Waals surface area contributed by atoms with E-state index < -0.39 is 51.8 Å². The number of ketones is 1. The van der Waals surface area contributed by atoms with E-state index in [1.807, 2.05) is 0 Å². The molecule has 3 aromatic carbocycles. The van der Waals surface area contributed by atoms with Gasteiger partial charge in [0.25, 0.3) is 0 Å². The molecular weight excluding hydrogens is 604 g/mol. The van der Waals surface area contributed by atoms with Crippen LogP contribution in [0.2, 0.25) is 15.1 Å². The molecule has 1 aliphatic rings. The number of rotatable bonds is 7. The summed E-state index contributed by atoms with van der Waals surface area (Å²) in [5, 5.41) is 5.85. The summed E-state index contributed by atoms with van der Waals surface area (Å²) in [6.07, 6.45) is -0.406. The van der Waals surface area contributed by atoms with Gasteiger partial charge in [-0.1, -0.05) is 34.8 Å². The van der Waals surface area contributed by atoms with Crippen LogP contribution >= 0.6 is 58.0 Å². The third-order valence-electron chi connectivity index (χ3n) is 5.92. The topological polar surface area (TPSA) is 75.3 Å². The van der Waals surface area contributed by atoms with Crippen molar-refractivity contribution in [2.24, 2.45) is 5.92 Å². The summed E-state index contributed by atoms with van der Waals surface area (Å²) in [6, 6.07) is 10.6. The Hall–Kier alpha value is -2.42. The van der Waals surface area contributed by atoms with Crippen molar-refractivity contribution >= 4 is 87.0 Å². The number of hydrogen-bond acceptors (Lipinski definition) is 3. The van der Waals surface area contributed by atoms with E-state index in [4.69, 9.17) is 58.0 Å². The molecule has 4 rings (SSSR count). The van der Waals surface area contributed by atoms with Crippen molar-refractivity contribution in [3.8, 4) is 0 Å². The van der Waals surface area contributed by atoms with Crippen molar-refractivity contribution in [1.29, 1.82) is 0 Å². The molecule has 0 aromatic heterocycles. The number of carbonyl (C=O) groups is 3. The minimum atomic E-state index is -1.41. The second kappa shape index (κ2) is 11.0. The van der Waals surface area contributed by atoms with Gasteiger partial charge in [0.1, 0.15) is 4.33 Å². The fourth-order valence-corrected chi connectivity index (χ4v) is 5.76. The van der Waals surface area contributed by atoms with Crippen LogP contribution in [0.25, 0.3) is 0 Å². The number of halogens is 7. The number of nitrogens with one attached hydrogen (secondary N) is 2. The van der Waals surface area contributed by atoms with Crippen LogP contribution in [-0.4, -0.2) is 21.9 Å². The van der Waals surface area contributed by atoms with Crippen molar-refractivity contribution in [2.75, 3.05) is 10.6 Å². The Morgan fingerprint density at radius 2 is 1.53 bits per heavy atom. The number of Topliss-reactive ketones (excluding diaryl/α,β-unsaturated/α-hetero) is 1. The van der Waals surface area contributed by atoms with Gasteiger partial charge in [-0.15, -0.1) is 23.2 Å². The summed E-state index contributed by atoms with van der Waals surface area (Å²) in [7, 11) is 0. The Morgan fingerprint density at radius 3 is 2.16 bits per heavy atom. The van der Waals surface area contributed by atoms with Gasteiger partial charge >= 0.3 is 0 Å². The molecule has 38 heavy (non-hydrogen) atoms. The lowest BCUT2D eigenvalue weighted by molar-refractivity contribution is -0.117. The molecule has 198 valence electrons. The summed E-state index contributed by atoms with van der Waals surface area (Å²) < 4.78 is 26.2. The third kappa shape index (κ3) is 6.08. The summed E-state index contributed by atoms with van der Waals surface area (Å²) >= 11 is 31.2. The maximum absolute atomic E-state index is 13.9. The zero-order valence-electron chi connectivity index (χ0n) is 19.4. The molecule has 1 fully saturated rings. The Labute approximate surface area is 241 Å². The van der Waals surface area contributed by atoms with Crippen LogP contribution in [0.4, 0.5) is 20.2 Å². The Balaban J connectivity index is 1.54. The lowest BCUT2D eigenvalue weighted by Gasteiger charge is -2.12. The van der Waals surface area contributed by atoms with Gasteiger partial charge in [-0.3, -0.25) is 14.4 Å². The summed E-state index contributed by atoms with van der Waals surface area (Å²) in [6.45, 7) is 1.19. The van der Waals surface area contributed by atoms with E-state index in [2.05, 4.69) is 10.6 Å². The molecule has 2 atom stereocenters. The highest BCUT2D eigenvalue weighted by Crippen LogP contribution is 2.65. The molecule has 5 nitrogen and oxygen atoms in total. The second-order valence-corrected chi connectivity index (χ2v) is 11.4. The van der Waals surface area contributed by atoms with Crippen molar-refractivity contribution in [3.63, 3.8) is 0 Å². The van der Waals surface area contributed by atoms with Crippen molar-refractivity contribution < 1.29 is 23.2 Å². The average Bonchev–Trinajstić information content (AvgIpc) is 3.39. The average molecular weight is 621 g/mol. The van der Waals surface area contributed by atoms with Gasteiger partial charge in [0.05, 0.1) is 10.9 Å². The first-order chi connectivity index (χ1) is 17.8. The van der Waals surface area contributed by atoms with Crippen molar-refractivity contribution in [1.82, 2.24) is 0 Å². The fourth-order valence-electron chi connectivity index (χ4n) is 4.17. The van der Waals surface area contributed by atoms with Crippen molar-refractivity contribution in [3.05, 3.63) is 91.9 Å². The molecule has 2 amide bonds. The molecule has 12 heteroatoms. The quantitative estimate of drug-likeness (QED) is 0.209. The molecule has 0 heterocycles. The van der Waals surface area contributed by atoms with Crippen LogP contribution in [0.15, 0.2) is 48.5 Å². The van der Waals surface area contributed by atoms with Crippen LogP contribution in [0.3, 0.4) is 0 Å². The van der Waals surface area contributed by atoms with E-state index >= 15 is 0 Å². The highest BCUT2D eigenvalue weighted by atomic mass is 35.5. The number of amides is 2. The Bertz CT molecular complexity index is 1460. The molecule has 2 unspecified atom stereocenters. The molecule has 1 saturated carbocycles. The number of anilines is 2. The van der Waals surface area contributed by atoms with Crippen molar-refractivity contribution in [2.45, 2.75) is 23.6 Å². The van der Waals surface area contributed by atoms with Crippen LogP contribution in [-0.2, 0) is 16.0 Å². The molecule has 0 spiro atoms. The predicted molar refractivity (Wildman–Crippen MR) is 146 cm³/mol. The number of benzene rings is 3. The number of carbonyl (C=O) groups excluding carboxylic acids is 3.